The molecule has 0 radical (unpaired) electrons. The number of hydrogen-bond acceptors (Lipinski definition) is 5. The molecule has 0 amide bonds. The SMILES string of the molecule is CCN(c1ccncc1)S(=O)(=O)c1ccc(S(C)(=O)=O)cc1. The molecule has 0 aliphatic carbocycles. The van der Waals surface area contributed by atoms with E-state index < -0.39 is 19.9 Å². The summed E-state index contributed by atoms with van der Waals surface area (Å²) in [6, 6.07) is 8.40. The third kappa shape index (κ3) is 3.28. The largest absolute Gasteiger partial charge is 0.267 e. The van der Waals surface area contributed by atoms with Crippen LogP contribution in [-0.2, 0) is 19.9 Å². The smallest absolute Gasteiger partial charge is 0.264 e. The van der Waals surface area contributed by atoms with Gasteiger partial charge in [-0.1, -0.05) is 0 Å². The zero-order valence-corrected chi connectivity index (χ0v) is 13.8. The number of hydrogen-bond donors (Lipinski definition) is 0. The number of nitrogens with zero attached hydrogens (tertiary/aromatic N) is 2. The fourth-order valence-electron chi connectivity index (χ4n) is 1.99. The van der Waals surface area contributed by atoms with E-state index in [1.54, 1.807) is 19.1 Å². The molecule has 0 atom stereocenters. The topological polar surface area (TPSA) is 84.4 Å². The average molecular weight is 340 g/mol. The highest BCUT2D eigenvalue weighted by molar-refractivity contribution is 7.93. The Labute approximate surface area is 130 Å². The summed E-state index contributed by atoms with van der Waals surface area (Å²) in [4.78, 5) is 3.99. The van der Waals surface area contributed by atoms with Gasteiger partial charge in [0.1, 0.15) is 0 Å². The molecule has 0 saturated heterocycles. The van der Waals surface area contributed by atoms with Crippen molar-refractivity contribution in [3.05, 3.63) is 48.8 Å². The van der Waals surface area contributed by atoms with Gasteiger partial charge in [-0.3, -0.25) is 9.29 Å². The van der Waals surface area contributed by atoms with Gasteiger partial charge in [0.15, 0.2) is 9.84 Å². The van der Waals surface area contributed by atoms with E-state index in [1.807, 2.05) is 0 Å². The number of anilines is 1. The first kappa shape index (κ1) is 16.4. The van der Waals surface area contributed by atoms with Gasteiger partial charge >= 0.3 is 0 Å². The van der Waals surface area contributed by atoms with Crippen molar-refractivity contribution in [1.29, 1.82) is 0 Å². The summed E-state index contributed by atoms with van der Waals surface area (Å²) in [5.74, 6) is 0. The summed E-state index contributed by atoms with van der Waals surface area (Å²) < 4.78 is 49.5. The summed E-state index contributed by atoms with van der Waals surface area (Å²) in [6.07, 6.45) is 4.10. The first-order valence-electron chi connectivity index (χ1n) is 6.49. The number of sulfonamides is 1. The zero-order chi connectivity index (χ0) is 16.4. The van der Waals surface area contributed by atoms with Crippen LogP contribution in [0.15, 0.2) is 58.6 Å². The van der Waals surface area contributed by atoms with Crippen molar-refractivity contribution in [2.75, 3.05) is 17.1 Å². The molecule has 118 valence electrons. The number of sulfone groups is 1. The van der Waals surface area contributed by atoms with E-state index >= 15 is 0 Å². The van der Waals surface area contributed by atoms with Gasteiger partial charge in [0.05, 0.1) is 15.5 Å². The Bertz CT molecular complexity index is 845. The molecule has 2 rings (SSSR count). The Morgan fingerprint density at radius 2 is 1.41 bits per heavy atom. The van der Waals surface area contributed by atoms with Crippen LogP contribution in [0.25, 0.3) is 0 Å². The number of aromatic nitrogens is 1. The van der Waals surface area contributed by atoms with Crippen molar-refractivity contribution in [2.24, 2.45) is 0 Å². The van der Waals surface area contributed by atoms with E-state index in [4.69, 9.17) is 0 Å². The molecule has 22 heavy (non-hydrogen) atoms. The lowest BCUT2D eigenvalue weighted by Gasteiger charge is -2.22. The molecule has 0 spiro atoms. The average Bonchev–Trinajstić information content (AvgIpc) is 2.48. The molecule has 1 aromatic carbocycles. The minimum absolute atomic E-state index is 0.0403. The van der Waals surface area contributed by atoms with Gasteiger partial charge in [-0.15, -0.1) is 0 Å². The predicted octanol–water partition coefficient (Wildman–Crippen LogP) is 1.70. The highest BCUT2D eigenvalue weighted by Crippen LogP contribution is 2.23. The Balaban J connectivity index is 2.45. The van der Waals surface area contributed by atoms with Crippen molar-refractivity contribution in [2.45, 2.75) is 16.7 Å². The molecule has 0 fully saturated rings. The highest BCUT2D eigenvalue weighted by atomic mass is 32.2. The molecule has 0 aliphatic heterocycles. The van der Waals surface area contributed by atoms with Crippen molar-refractivity contribution < 1.29 is 16.8 Å². The molecule has 6 nitrogen and oxygen atoms in total. The first-order valence-corrected chi connectivity index (χ1v) is 9.83. The lowest BCUT2D eigenvalue weighted by atomic mass is 10.4. The molecule has 0 unspecified atom stereocenters. The van der Waals surface area contributed by atoms with E-state index in [2.05, 4.69) is 4.98 Å². The van der Waals surface area contributed by atoms with Gasteiger partial charge in [-0.05, 0) is 43.3 Å². The standard InChI is InChI=1S/C14H16N2O4S2/c1-3-16(12-8-10-15-11-9-12)22(19,20)14-6-4-13(5-7-14)21(2,17)18/h4-11H,3H2,1-2H3. The second kappa shape index (κ2) is 6.05. The van der Waals surface area contributed by atoms with E-state index in [0.29, 0.717) is 5.69 Å². The monoisotopic (exact) mass is 340 g/mol. The van der Waals surface area contributed by atoms with E-state index in [1.165, 1.54) is 41.0 Å². The molecule has 0 saturated carbocycles. The van der Waals surface area contributed by atoms with Crippen molar-refractivity contribution in [3.63, 3.8) is 0 Å². The Hall–Kier alpha value is -1.93. The van der Waals surface area contributed by atoms with E-state index in [0.717, 1.165) is 6.26 Å². The predicted molar refractivity (Wildman–Crippen MR) is 84.0 cm³/mol. The normalized spacial score (nSPS) is 12.1. The number of pyridine rings is 1. The maximum Gasteiger partial charge on any atom is 0.264 e. The minimum Gasteiger partial charge on any atom is -0.267 e. The van der Waals surface area contributed by atoms with Crippen molar-refractivity contribution in [1.82, 2.24) is 4.98 Å². The van der Waals surface area contributed by atoms with Gasteiger partial charge in [0.2, 0.25) is 0 Å². The molecule has 0 bridgehead atoms. The van der Waals surface area contributed by atoms with Crippen LogP contribution in [0, 0.1) is 0 Å². The van der Waals surface area contributed by atoms with Crippen LogP contribution in [0.5, 0.6) is 0 Å². The maximum atomic E-state index is 12.7. The van der Waals surface area contributed by atoms with Gasteiger partial charge < -0.3 is 0 Å². The third-order valence-corrected chi connectivity index (χ3v) is 6.12. The fourth-order valence-corrected chi connectivity index (χ4v) is 4.09. The molecular formula is C14H16N2O4S2. The Morgan fingerprint density at radius 1 is 0.909 bits per heavy atom. The van der Waals surface area contributed by atoms with Crippen LogP contribution >= 0.6 is 0 Å². The summed E-state index contributed by atoms with van der Waals surface area (Å²) >= 11 is 0. The Kier molecular flexibility index (Phi) is 4.52. The van der Waals surface area contributed by atoms with E-state index in [-0.39, 0.29) is 16.3 Å². The molecule has 1 heterocycles. The molecule has 0 N–H and O–H groups in total. The zero-order valence-electron chi connectivity index (χ0n) is 12.2. The molecule has 2 aromatic rings. The lowest BCUT2D eigenvalue weighted by Crippen LogP contribution is -2.30. The third-order valence-electron chi connectivity index (χ3n) is 3.08. The van der Waals surface area contributed by atoms with Crippen LogP contribution in [-0.4, -0.2) is 34.6 Å². The minimum atomic E-state index is -3.76. The van der Waals surface area contributed by atoms with Gasteiger partial charge in [0, 0.05) is 25.2 Å². The van der Waals surface area contributed by atoms with Crippen LogP contribution in [0.4, 0.5) is 5.69 Å². The fraction of sp³-hybridized carbons (Fsp3) is 0.214. The van der Waals surface area contributed by atoms with Crippen LogP contribution in [0.3, 0.4) is 0 Å². The quantitative estimate of drug-likeness (QED) is 0.827. The van der Waals surface area contributed by atoms with Crippen molar-refractivity contribution >= 4 is 25.5 Å². The number of benzene rings is 1. The second-order valence-electron chi connectivity index (χ2n) is 4.62. The summed E-state index contributed by atoms with van der Waals surface area (Å²) in [6.45, 7) is 1.98. The molecular weight excluding hydrogens is 324 g/mol. The summed E-state index contributed by atoms with van der Waals surface area (Å²) in [7, 11) is -7.12. The maximum absolute atomic E-state index is 12.7. The van der Waals surface area contributed by atoms with Gasteiger partial charge in [-0.25, -0.2) is 16.8 Å². The highest BCUT2D eigenvalue weighted by Gasteiger charge is 2.23. The van der Waals surface area contributed by atoms with E-state index in [9.17, 15) is 16.8 Å². The van der Waals surface area contributed by atoms with Crippen LogP contribution < -0.4 is 4.31 Å². The lowest BCUT2D eigenvalue weighted by molar-refractivity contribution is 0.590. The molecule has 1 aromatic heterocycles. The molecule has 0 aliphatic rings. The Morgan fingerprint density at radius 3 is 1.86 bits per heavy atom. The van der Waals surface area contributed by atoms with Crippen LogP contribution in [0.2, 0.25) is 0 Å². The summed E-state index contributed by atoms with van der Waals surface area (Å²) in [5, 5.41) is 0. The summed E-state index contributed by atoms with van der Waals surface area (Å²) in [5.41, 5.74) is 0.504. The van der Waals surface area contributed by atoms with Gasteiger partial charge in [-0.2, -0.15) is 0 Å². The first-order chi connectivity index (χ1) is 10.3. The van der Waals surface area contributed by atoms with Gasteiger partial charge in [0.25, 0.3) is 10.0 Å². The number of rotatable bonds is 5. The molecule has 8 heteroatoms. The second-order valence-corrected chi connectivity index (χ2v) is 8.50. The van der Waals surface area contributed by atoms with Crippen molar-refractivity contribution in [3.8, 4) is 0 Å². The van der Waals surface area contributed by atoms with Crippen LogP contribution in [0.1, 0.15) is 6.92 Å².